The molecule has 4 heterocycles. The van der Waals surface area contributed by atoms with E-state index < -0.39 is 12.6 Å². The molecule has 0 aromatic rings. The number of halogens is 3. The van der Waals surface area contributed by atoms with E-state index in [4.69, 9.17) is 4.74 Å². The third-order valence-electron chi connectivity index (χ3n) is 45.5. The first-order valence-corrected chi connectivity index (χ1v) is 50.2. The second kappa shape index (κ2) is 30.5. The van der Waals surface area contributed by atoms with E-state index in [-0.39, 0.29) is 5.92 Å². The Kier molecular flexibility index (Phi) is 22.7. The lowest BCUT2D eigenvalue weighted by atomic mass is 9.57. The molecular weight excluding hydrogens is 1330 g/mol. The van der Waals surface area contributed by atoms with Crippen molar-refractivity contribution in [3.63, 3.8) is 0 Å². The first-order chi connectivity index (χ1) is 50.9. The Hall–Kier alpha value is 0.100. The molecule has 0 aromatic heterocycles. The number of alkyl halides is 3. The van der Waals surface area contributed by atoms with Crippen molar-refractivity contribution in [2.24, 2.45) is 296 Å². The van der Waals surface area contributed by atoms with E-state index in [9.17, 15) is 13.2 Å². The van der Waals surface area contributed by atoms with Gasteiger partial charge in [-0.3, -0.25) is 0 Å². The molecule has 0 N–H and O–H groups in total. The zero-order valence-electron chi connectivity index (χ0n) is 73.0. The van der Waals surface area contributed by atoms with Gasteiger partial charge in [0.05, 0.1) is 12.2 Å². The van der Waals surface area contributed by atoms with Gasteiger partial charge in [0.25, 0.3) is 0 Å². The predicted octanol–water partition coefficient (Wildman–Crippen LogP) is 28.4. The lowest BCUT2D eigenvalue weighted by molar-refractivity contribution is -0.150. The molecule has 610 valence electrons. The Balaban J connectivity index is 0.0000000894. The number of rotatable bonds is 1. The molecule has 0 spiro atoms. The van der Waals surface area contributed by atoms with Crippen LogP contribution in [-0.2, 0) is 4.74 Å². The van der Waals surface area contributed by atoms with Crippen LogP contribution in [0.15, 0.2) is 0 Å². The van der Waals surface area contributed by atoms with Crippen LogP contribution < -0.4 is 0 Å². The van der Waals surface area contributed by atoms with E-state index in [1.54, 1.807) is 96.3 Å². The second-order valence-corrected chi connectivity index (χ2v) is 49.2. The Bertz CT molecular complexity index is 2780. The van der Waals surface area contributed by atoms with Gasteiger partial charge in [-0.15, -0.1) is 0 Å². The molecule has 25 fully saturated rings. The van der Waals surface area contributed by atoms with E-state index in [1.165, 1.54) is 122 Å². The van der Waals surface area contributed by atoms with Gasteiger partial charge in [-0.2, -0.15) is 24.9 Å². The Labute approximate surface area is 662 Å². The average molecular weight is 1500 g/mol. The summed E-state index contributed by atoms with van der Waals surface area (Å²) in [5.74, 6) is 51.3. The van der Waals surface area contributed by atoms with Crippen LogP contribution in [0, 0.1) is 296 Å². The number of thioether (sulfide) groups is 1. The summed E-state index contributed by atoms with van der Waals surface area (Å²) in [7, 11) is 0. The van der Waals surface area contributed by atoms with Crippen LogP contribution in [0.25, 0.3) is 0 Å². The molecule has 5 heteroatoms. The lowest BCUT2D eigenvalue weighted by Crippen LogP contribution is -2.44. The highest BCUT2D eigenvalue weighted by atomic mass is 32.2. The van der Waals surface area contributed by atoms with Gasteiger partial charge in [0.1, 0.15) is 0 Å². The zero-order chi connectivity index (χ0) is 75.5. The molecule has 21 aliphatic carbocycles. The van der Waals surface area contributed by atoms with E-state index in [0.717, 1.165) is 219 Å². The fourth-order valence-electron chi connectivity index (χ4n) is 38.0. The fourth-order valence-corrected chi connectivity index (χ4v) is 40.0. The molecule has 25 aliphatic rings. The molecule has 0 amide bonds. The van der Waals surface area contributed by atoms with Gasteiger partial charge in [0.2, 0.25) is 0 Å². The summed E-state index contributed by atoms with van der Waals surface area (Å²) in [5.41, 5.74) is 0. The van der Waals surface area contributed by atoms with Crippen molar-refractivity contribution in [3.05, 3.63) is 0 Å². The molecule has 107 heavy (non-hydrogen) atoms. The van der Waals surface area contributed by atoms with Crippen molar-refractivity contribution in [1.29, 1.82) is 0 Å². The number of fused-ring (bicyclic) bond motifs is 42. The zero-order valence-corrected chi connectivity index (χ0v) is 73.8. The highest BCUT2D eigenvalue weighted by Gasteiger charge is 2.72. The fraction of sp³-hybridized carbons (Fsp3) is 1.00. The summed E-state index contributed by atoms with van der Waals surface area (Å²) in [6.07, 6.45) is 34.4. The molecule has 52 atom stereocenters. The summed E-state index contributed by atoms with van der Waals surface area (Å²) in [6.45, 7) is 51.1. The largest absolute Gasteiger partial charge is 0.389 e. The predicted molar refractivity (Wildman–Crippen MR) is 444 cm³/mol. The van der Waals surface area contributed by atoms with Crippen LogP contribution in [0.2, 0.25) is 0 Å². The van der Waals surface area contributed by atoms with Crippen LogP contribution in [0.1, 0.15) is 312 Å². The van der Waals surface area contributed by atoms with Crippen molar-refractivity contribution in [2.45, 2.75) is 341 Å². The summed E-state index contributed by atoms with van der Waals surface area (Å²) in [5, 5.41) is 2.06. The number of hydrogen-bond donors (Lipinski definition) is 0. The number of hydrogen-bond acceptors (Lipinski definition) is 2. The molecule has 0 radical (unpaired) electrons. The monoisotopic (exact) mass is 1500 g/mol. The van der Waals surface area contributed by atoms with E-state index in [1.807, 2.05) is 0 Å². The van der Waals surface area contributed by atoms with Gasteiger partial charge in [-0.1, -0.05) is 145 Å². The van der Waals surface area contributed by atoms with Crippen molar-refractivity contribution in [1.82, 2.24) is 0 Å². The Morgan fingerprint density at radius 1 is 0.224 bits per heavy atom. The lowest BCUT2D eigenvalue weighted by Gasteiger charge is -2.48. The van der Waals surface area contributed by atoms with Gasteiger partial charge >= 0.3 is 6.18 Å². The van der Waals surface area contributed by atoms with Crippen molar-refractivity contribution in [2.75, 3.05) is 0 Å². The minimum absolute atomic E-state index is 0.0776. The minimum atomic E-state index is -3.96. The molecule has 21 saturated carbocycles. The van der Waals surface area contributed by atoms with Gasteiger partial charge < -0.3 is 4.74 Å². The molecule has 0 aromatic carbocycles. The normalized spacial score (nSPS) is 61.8. The molecule has 1 nitrogen and oxygen atoms in total. The smallest absolute Gasteiger partial charge is 0.374 e. The number of ether oxygens (including phenoxy) is 1. The van der Waals surface area contributed by atoms with Crippen molar-refractivity contribution < 1.29 is 17.9 Å². The summed E-state index contributed by atoms with van der Waals surface area (Å²) in [4.78, 5) is 0. The second-order valence-electron chi connectivity index (χ2n) is 47.8. The van der Waals surface area contributed by atoms with Crippen molar-refractivity contribution in [3.8, 4) is 0 Å². The maximum atomic E-state index is 12.3. The van der Waals surface area contributed by atoms with Gasteiger partial charge in [-0.25, -0.2) is 0 Å². The summed E-state index contributed by atoms with van der Waals surface area (Å²) < 4.78 is 42.5. The van der Waals surface area contributed by atoms with Crippen LogP contribution in [0.4, 0.5) is 13.2 Å². The quantitative estimate of drug-likeness (QED) is 0.242. The first kappa shape index (κ1) is 79.6. The highest BCUT2D eigenvalue weighted by Crippen LogP contribution is 2.78. The average Bonchev–Trinajstić information content (AvgIpc) is 1.50. The van der Waals surface area contributed by atoms with E-state index in [0.29, 0.717) is 35.9 Å². The minimum Gasteiger partial charge on any atom is -0.374 e. The molecule has 52 unspecified atom stereocenters. The first-order valence-electron chi connectivity index (χ1n) is 49.2. The summed E-state index contributed by atoms with van der Waals surface area (Å²) >= 11 is 2.25. The Morgan fingerprint density at radius 2 is 0.561 bits per heavy atom. The maximum Gasteiger partial charge on any atom is 0.389 e. The van der Waals surface area contributed by atoms with E-state index in [2.05, 4.69) is 157 Å². The Morgan fingerprint density at radius 3 is 0.907 bits per heavy atom. The van der Waals surface area contributed by atoms with Gasteiger partial charge in [0, 0.05) is 16.9 Å². The van der Waals surface area contributed by atoms with Crippen LogP contribution in [0.3, 0.4) is 0 Å². The van der Waals surface area contributed by atoms with Gasteiger partial charge in [0.15, 0.2) is 0 Å². The molecule has 4 aliphatic heterocycles. The van der Waals surface area contributed by atoms with Gasteiger partial charge in [-0.05, 0) is 456 Å². The maximum absolute atomic E-state index is 12.3. The van der Waals surface area contributed by atoms with Crippen molar-refractivity contribution >= 4 is 11.8 Å². The highest BCUT2D eigenvalue weighted by molar-refractivity contribution is 8.01. The third-order valence-corrected chi connectivity index (χ3v) is 47.5. The third kappa shape index (κ3) is 13.6. The topological polar surface area (TPSA) is 9.23 Å². The van der Waals surface area contributed by atoms with Crippen LogP contribution >= 0.6 is 11.8 Å². The molecule has 4 saturated heterocycles. The molecule has 24 bridgehead atoms. The van der Waals surface area contributed by atoms with Crippen LogP contribution in [0.5, 0.6) is 0 Å². The van der Waals surface area contributed by atoms with E-state index >= 15 is 0 Å². The van der Waals surface area contributed by atoms with Crippen LogP contribution in [-0.4, -0.2) is 28.9 Å². The standard InChI is InChI=1S/C19H28.C14H22.C12H20.C11H17F3.C11H20.C10H18.C9H16.C8H14O.C8H14S/c1-8-9(2)13-6-12(8)18-14-7-15(19(13)18)17-11-4-3-10(5-11)16(14)17;1-7-8(2)12-6-11(7)13-9-3-4-10(5-9)14(12)13;1-7-5-11-9-3-4-10(6-9)12(11)8(7)2;1-6-7(2)10-4-8(6)3-9(10)5-11(12,13)14;1-6-7(2)11-5-10(6)8(3)9(11)4;1-6-4-9-5-10(6)8(3)7(9)2;1-6-7(2)9-4-3-8(6)5-9;2*1-5-6(2)8-4-3-7(5)9-8/h8-19H,3-7H2,1-2H3;7-14H,3-6H2,1-2H3;7-12H,3-6H2,1-2H3;6-10H,3-5H2,1-2H3;6-11H,5H2,1-4H3;6-10H,4-5H2,1-3H3;6-9H,3-5H2,1-2H3;2*5-8H,3-4H2,1-2H3. The molecular formula is C102H169F3OS. The SMILES string of the molecule is CC1C(C)C2CC1C(C)C2C.CC1C(C)C2CC1C1C3CC(C4C5CCC(C5)C34)C21.CC1C(C)C2CC1C1C3CCC(C3)C21.CC1C2CC(CC(F)(F)F)C(C2)C1C.CC1C2CCC(C2)C1C.CC1C2CCC(O2)C1C.CC1C2CCC(S2)C1C.CC1CC2C3CCC(C3)C2C1C.CC1CC2CC1C(C)C2C. The molecule has 25 rings (SSSR count). The summed E-state index contributed by atoms with van der Waals surface area (Å²) in [6, 6.07) is 0.